The summed E-state index contributed by atoms with van der Waals surface area (Å²) >= 11 is 0. The smallest absolute Gasteiger partial charge is 0.250 e. The van der Waals surface area contributed by atoms with E-state index in [1.54, 1.807) is 6.07 Å². The third kappa shape index (κ3) is 1.76. The van der Waals surface area contributed by atoms with E-state index in [1.807, 2.05) is 6.07 Å². The van der Waals surface area contributed by atoms with Crippen molar-refractivity contribution in [3.8, 4) is 0 Å². The maximum atomic E-state index is 10.9. The molecular formula is C12H16N4O. The molecule has 0 unspecified atom stereocenters. The van der Waals surface area contributed by atoms with E-state index < -0.39 is 5.91 Å². The summed E-state index contributed by atoms with van der Waals surface area (Å²) in [6.45, 7) is 1.72. The van der Waals surface area contributed by atoms with Crippen molar-refractivity contribution in [1.82, 2.24) is 4.98 Å². The molecule has 1 saturated heterocycles. The zero-order chi connectivity index (χ0) is 12.0. The lowest BCUT2D eigenvalue weighted by Gasteiger charge is -2.49. The van der Waals surface area contributed by atoms with Gasteiger partial charge in [-0.3, -0.25) is 4.79 Å². The normalized spacial score (nSPS) is 22.1. The fourth-order valence-corrected chi connectivity index (χ4v) is 2.46. The molecule has 17 heavy (non-hydrogen) atoms. The Morgan fingerprint density at radius 3 is 2.59 bits per heavy atom. The minimum atomic E-state index is -0.446. The van der Waals surface area contributed by atoms with E-state index in [9.17, 15) is 4.79 Å². The molecule has 1 amide bonds. The van der Waals surface area contributed by atoms with Crippen molar-refractivity contribution in [2.24, 2.45) is 17.4 Å². The number of carbonyl (C=O) groups is 1. The predicted molar refractivity (Wildman–Crippen MR) is 64.6 cm³/mol. The molecule has 1 aliphatic carbocycles. The van der Waals surface area contributed by atoms with Gasteiger partial charge in [0.25, 0.3) is 0 Å². The lowest BCUT2D eigenvalue weighted by atomic mass is 9.86. The standard InChI is InChI=1S/C12H16N4O/c13-11(17)8-1-4-10(15-5-8)16-6-12(14,7-16)9-2-3-9/h1,4-5,9H,2-3,6-7,14H2,(H2,13,17). The first-order valence-corrected chi connectivity index (χ1v) is 5.88. The highest BCUT2D eigenvalue weighted by Gasteiger charge is 2.50. The number of hydrogen-bond acceptors (Lipinski definition) is 4. The summed E-state index contributed by atoms with van der Waals surface area (Å²) in [6.07, 6.45) is 4.04. The number of pyridine rings is 1. The van der Waals surface area contributed by atoms with Crippen LogP contribution >= 0.6 is 0 Å². The second kappa shape index (κ2) is 3.43. The molecule has 2 aliphatic rings. The molecule has 4 N–H and O–H groups in total. The Morgan fingerprint density at radius 2 is 2.12 bits per heavy atom. The average molecular weight is 232 g/mol. The number of primary amides is 1. The Balaban J connectivity index is 1.68. The minimum absolute atomic E-state index is 0.00988. The van der Waals surface area contributed by atoms with Gasteiger partial charge in [-0.2, -0.15) is 0 Å². The van der Waals surface area contributed by atoms with Crippen LogP contribution in [0.25, 0.3) is 0 Å². The second-order valence-corrected chi connectivity index (χ2v) is 5.13. The third-order valence-electron chi connectivity index (χ3n) is 3.72. The lowest BCUT2D eigenvalue weighted by molar-refractivity contribution is 0.1000. The van der Waals surface area contributed by atoms with Gasteiger partial charge in [0.1, 0.15) is 5.82 Å². The Morgan fingerprint density at radius 1 is 1.41 bits per heavy atom. The molecule has 2 heterocycles. The topological polar surface area (TPSA) is 85.2 Å². The Labute approximate surface area is 99.8 Å². The molecular weight excluding hydrogens is 216 g/mol. The van der Waals surface area contributed by atoms with E-state index >= 15 is 0 Å². The first-order valence-electron chi connectivity index (χ1n) is 5.88. The van der Waals surface area contributed by atoms with E-state index in [0.29, 0.717) is 11.5 Å². The van der Waals surface area contributed by atoms with Crippen molar-refractivity contribution in [1.29, 1.82) is 0 Å². The first-order chi connectivity index (χ1) is 8.08. The van der Waals surface area contributed by atoms with Crippen LogP contribution in [0.4, 0.5) is 5.82 Å². The van der Waals surface area contributed by atoms with Crippen LogP contribution in [-0.2, 0) is 0 Å². The number of amides is 1. The highest BCUT2D eigenvalue weighted by Crippen LogP contribution is 2.43. The van der Waals surface area contributed by atoms with Gasteiger partial charge < -0.3 is 16.4 Å². The quantitative estimate of drug-likeness (QED) is 0.774. The fraction of sp³-hybridized carbons (Fsp3) is 0.500. The number of nitrogens with zero attached hydrogens (tertiary/aromatic N) is 2. The zero-order valence-electron chi connectivity index (χ0n) is 9.60. The lowest BCUT2D eigenvalue weighted by Crippen LogP contribution is -2.69. The van der Waals surface area contributed by atoms with Gasteiger partial charge in [-0.05, 0) is 30.9 Å². The van der Waals surface area contributed by atoms with Gasteiger partial charge in [0, 0.05) is 19.3 Å². The van der Waals surface area contributed by atoms with Crippen LogP contribution < -0.4 is 16.4 Å². The Kier molecular flexibility index (Phi) is 2.13. The van der Waals surface area contributed by atoms with Gasteiger partial charge in [0.15, 0.2) is 0 Å². The summed E-state index contributed by atoms with van der Waals surface area (Å²) in [5, 5.41) is 0. The minimum Gasteiger partial charge on any atom is -0.366 e. The van der Waals surface area contributed by atoms with Crippen LogP contribution in [0.1, 0.15) is 23.2 Å². The highest BCUT2D eigenvalue weighted by atomic mass is 16.1. The second-order valence-electron chi connectivity index (χ2n) is 5.13. The van der Waals surface area contributed by atoms with Crippen molar-refractivity contribution in [3.63, 3.8) is 0 Å². The van der Waals surface area contributed by atoms with Gasteiger partial charge in [-0.1, -0.05) is 0 Å². The SMILES string of the molecule is NC(=O)c1ccc(N2CC(N)(C3CC3)C2)nc1. The summed E-state index contributed by atoms with van der Waals surface area (Å²) in [6, 6.07) is 3.53. The van der Waals surface area contributed by atoms with Crippen molar-refractivity contribution in [2.45, 2.75) is 18.4 Å². The van der Waals surface area contributed by atoms with Crippen molar-refractivity contribution in [2.75, 3.05) is 18.0 Å². The van der Waals surface area contributed by atoms with Crippen LogP contribution in [0.15, 0.2) is 18.3 Å². The number of aromatic nitrogens is 1. The van der Waals surface area contributed by atoms with Crippen LogP contribution in [0.3, 0.4) is 0 Å². The van der Waals surface area contributed by atoms with E-state index in [1.165, 1.54) is 19.0 Å². The fourth-order valence-electron chi connectivity index (χ4n) is 2.46. The van der Waals surface area contributed by atoms with Gasteiger partial charge in [0.05, 0.1) is 11.1 Å². The Hall–Kier alpha value is -1.62. The summed E-state index contributed by atoms with van der Waals surface area (Å²) in [7, 11) is 0. The number of hydrogen-bond donors (Lipinski definition) is 2. The molecule has 90 valence electrons. The van der Waals surface area contributed by atoms with Crippen LogP contribution in [0.2, 0.25) is 0 Å². The molecule has 0 bridgehead atoms. The van der Waals surface area contributed by atoms with Crippen molar-refractivity contribution in [3.05, 3.63) is 23.9 Å². The van der Waals surface area contributed by atoms with Crippen LogP contribution in [-0.4, -0.2) is 29.5 Å². The number of carbonyl (C=O) groups excluding carboxylic acids is 1. The molecule has 5 nitrogen and oxygen atoms in total. The van der Waals surface area contributed by atoms with Crippen molar-refractivity contribution >= 4 is 11.7 Å². The maximum Gasteiger partial charge on any atom is 0.250 e. The van der Waals surface area contributed by atoms with Gasteiger partial charge in [-0.15, -0.1) is 0 Å². The molecule has 0 radical (unpaired) electrons. The largest absolute Gasteiger partial charge is 0.366 e. The summed E-state index contributed by atoms with van der Waals surface area (Å²) < 4.78 is 0. The van der Waals surface area contributed by atoms with Gasteiger partial charge in [0.2, 0.25) is 5.91 Å². The van der Waals surface area contributed by atoms with E-state index in [-0.39, 0.29) is 5.54 Å². The molecule has 0 atom stereocenters. The molecule has 0 aromatic carbocycles. The molecule has 1 aromatic heterocycles. The van der Waals surface area contributed by atoms with Crippen LogP contribution in [0.5, 0.6) is 0 Å². The first kappa shape index (κ1) is 10.5. The predicted octanol–water partition coefficient (Wildman–Crippen LogP) is 0.108. The van der Waals surface area contributed by atoms with Crippen LogP contribution in [0, 0.1) is 5.92 Å². The monoisotopic (exact) mass is 232 g/mol. The molecule has 0 spiro atoms. The van der Waals surface area contributed by atoms with Gasteiger partial charge >= 0.3 is 0 Å². The molecule has 1 aliphatic heterocycles. The molecule has 3 rings (SSSR count). The van der Waals surface area contributed by atoms with E-state index in [2.05, 4.69) is 9.88 Å². The zero-order valence-corrected chi connectivity index (χ0v) is 9.60. The maximum absolute atomic E-state index is 10.9. The summed E-state index contributed by atoms with van der Waals surface area (Å²) in [5.74, 6) is 1.12. The number of anilines is 1. The molecule has 2 fully saturated rings. The third-order valence-corrected chi connectivity index (χ3v) is 3.72. The van der Waals surface area contributed by atoms with Crippen molar-refractivity contribution < 1.29 is 4.79 Å². The highest BCUT2D eigenvalue weighted by molar-refractivity contribution is 5.92. The van der Waals surface area contributed by atoms with Gasteiger partial charge in [-0.25, -0.2) is 4.98 Å². The number of nitrogens with two attached hydrogens (primary N) is 2. The summed E-state index contributed by atoms with van der Waals surface area (Å²) in [5.41, 5.74) is 11.9. The van der Waals surface area contributed by atoms with E-state index in [4.69, 9.17) is 11.5 Å². The molecule has 1 aromatic rings. The average Bonchev–Trinajstić information content (AvgIpc) is 3.09. The number of rotatable bonds is 3. The summed E-state index contributed by atoms with van der Waals surface area (Å²) in [4.78, 5) is 17.3. The van der Waals surface area contributed by atoms with E-state index in [0.717, 1.165) is 18.9 Å². The Bertz CT molecular complexity index is 446. The molecule has 5 heteroatoms. The molecule has 1 saturated carbocycles.